The first-order valence-corrected chi connectivity index (χ1v) is 25.4. The number of halogens is 1. The summed E-state index contributed by atoms with van der Waals surface area (Å²) in [7, 11) is 8.97. The Hall–Kier alpha value is -8.63. The molecule has 0 aliphatic carbocycles. The van der Waals surface area contributed by atoms with Crippen molar-refractivity contribution in [3.8, 4) is 46.0 Å². The molecule has 3 unspecified atom stereocenters. The van der Waals surface area contributed by atoms with E-state index in [0.29, 0.717) is 67.0 Å². The zero-order valence-electron chi connectivity index (χ0n) is 45.3. The van der Waals surface area contributed by atoms with Crippen molar-refractivity contribution in [3.63, 3.8) is 0 Å². The maximum Gasteiger partial charge on any atom is 0.410 e. The van der Waals surface area contributed by atoms with Crippen molar-refractivity contribution in [1.29, 1.82) is 0 Å². The van der Waals surface area contributed by atoms with Gasteiger partial charge in [-0.25, -0.2) is 14.4 Å². The lowest BCUT2D eigenvalue weighted by Crippen LogP contribution is -2.31. The SMILES string of the molecule is COc1cc(O)cc(OC)c1OC.COc1cc(OC(=O)C2CCN(C(=O)OCc3ccccc3)C2)cc(OC)c1OC.O=C(Cl)OCc1ccccc1.O=C(O)C1CCN(C(=O)OCc2ccccc2)C1.O=C(O)C1CCNC1. The second-order valence-electron chi connectivity index (χ2n) is 17.5. The van der Waals surface area contributed by atoms with Gasteiger partial charge in [-0.15, -0.1) is 0 Å². The first-order chi connectivity index (χ1) is 38.5. The predicted molar refractivity (Wildman–Crippen MR) is 291 cm³/mol. The third-order valence-electron chi connectivity index (χ3n) is 12.1. The second kappa shape index (κ2) is 34.3. The highest BCUT2D eigenvalue weighted by Crippen LogP contribution is 2.42. The Balaban J connectivity index is 0.000000234. The number of nitrogens with zero attached hydrogens (tertiary/aromatic N) is 2. The summed E-state index contributed by atoms with van der Waals surface area (Å²) in [6.07, 6.45) is 0.902. The molecule has 432 valence electrons. The summed E-state index contributed by atoms with van der Waals surface area (Å²) in [5.74, 6) is -0.0818. The van der Waals surface area contributed by atoms with Crippen LogP contribution in [-0.4, -0.2) is 143 Å². The number of aromatic hydroxyl groups is 1. The lowest BCUT2D eigenvalue weighted by molar-refractivity contribution is -0.142. The summed E-state index contributed by atoms with van der Waals surface area (Å²) >= 11 is 4.97. The van der Waals surface area contributed by atoms with Crippen molar-refractivity contribution in [1.82, 2.24) is 15.1 Å². The Kier molecular flexibility index (Phi) is 27.4. The summed E-state index contributed by atoms with van der Waals surface area (Å²) in [5, 5.41) is 29.4. The third kappa shape index (κ3) is 21.3. The van der Waals surface area contributed by atoms with Crippen molar-refractivity contribution in [3.05, 3.63) is 132 Å². The minimum Gasteiger partial charge on any atom is -0.508 e. The van der Waals surface area contributed by atoms with Gasteiger partial charge in [-0.1, -0.05) is 91.0 Å². The van der Waals surface area contributed by atoms with Crippen molar-refractivity contribution >= 4 is 47.1 Å². The number of carbonyl (C=O) groups is 6. The number of methoxy groups -OCH3 is 6. The van der Waals surface area contributed by atoms with E-state index in [1.165, 1.54) is 64.6 Å². The van der Waals surface area contributed by atoms with E-state index in [1.807, 2.05) is 91.0 Å². The van der Waals surface area contributed by atoms with Crippen molar-refractivity contribution in [2.75, 3.05) is 81.9 Å². The number of hydrogen-bond donors (Lipinski definition) is 4. The van der Waals surface area contributed by atoms with Gasteiger partial charge in [0.1, 0.15) is 31.3 Å². The van der Waals surface area contributed by atoms with Gasteiger partial charge in [-0.3, -0.25) is 14.4 Å². The molecule has 23 heteroatoms. The quantitative estimate of drug-likeness (QED) is 0.0311. The van der Waals surface area contributed by atoms with Crippen LogP contribution >= 0.6 is 11.6 Å². The molecule has 80 heavy (non-hydrogen) atoms. The molecule has 3 saturated heterocycles. The van der Waals surface area contributed by atoms with E-state index in [4.69, 9.17) is 64.4 Å². The van der Waals surface area contributed by atoms with Crippen LogP contribution in [0.4, 0.5) is 14.4 Å². The molecule has 0 saturated carbocycles. The van der Waals surface area contributed by atoms with Gasteiger partial charge in [0.15, 0.2) is 23.0 Å². The van der Waals surface area contributed by atoms with Crippen LogP contribution in [0.25, 0.3) is 0 Å². The molecule has 0 radical (unpaired) electrons. The number of phenols is 1. The van der Waals surface area contributed by atoms with E-state index in [-0.39, 0.29) is 50.3 Å². The fourth-order valence-corrected chi connectivity index (χ4v) is 7.88. The molecule has 0 bridgehead atoms. The molecular formula is C57H68ClN3O19. The van der Waals surface area contributed by atoms with Crippen LogP contribution in [0, 0.1) is 17.8 Å². The number of carboxylic acids is 2. The van der Waals surface area contributed by atoms with Gasteiger partial charge in [0.2, 0.25) is 11.5 Å². The molecule has 3 aliphatic rings. The summed E-state index contributed by atoms with van der Waals surface area (Å²) < 4.78 is 51.4. The molecule has 3 aliphatic heterocycles. The number of rotatable bonds is 16. The van der Waals surface area contributed by atoms with E-state index in [2.05, 4.69) is 10.1 Å². The van der Waals surface area contributed by atoms with Crippen LogP contribution in [0.5, 0.6) is 46.0 Å². The number of likely N-dealkylation sites (tertiary alicyclic amines) is 2. The Morgan fingerprint density at radius 2 is 0.912 bits per heavy atom. The number of nitrogens with one attached hydrogen (secondary N) is 1. The van der Waals surface area contributed by atoms with E-state index in [0.717, 1.165) is 29.7 Å². The molecule has 5 aromatic carbocycles. The fraction of sp³-hybridized carbons (Fsp3) is 0.368. The van der Waals surface area contributed by atoms with Crippen LogP contribution in [0.15, 0.2) is 115 Å². The molecule has 4 N–H and O–H groups in total. The standard InChI is InChI=1S/C22H25NO7.C13H15NO4.C9H12O4.C8H7ClO2.C5H9NO2/c1-26-18-11-17(12-19(27-2)20(18)28-3)30-21(24)16-9-10-23(13-16)22(25)29-14-15-7-5-4-6-8-15;15-12(16)11-6-7-14(8-11)13(17)18-9-10-4-2-1-3-5-10;1-11-7-4-6(10)5-8(12-2)9(7)13-3;9-8(10)11-6-7-4-2-1-3-5-7;7-5(8)4-1-2-6-3-4/h4-8,11-12,16H,9-10,13-14H2,1-3H3;1-5,11H,6-9H2,(H,15,16);4-5,10H,1-3H3;1-5H,6H2;4,6H,1-3H2,(H,7,8). The average Bonchev–Trinajstić information content (AvgIpc) is 4.31. The molecule has 5 aromatic rings. The van der Waals surface area contributed by atoms with Crippen LogP contribution in [-0.2, 0) is 48.4 Å². The van der Waals surface area contributed by atoms with Gasteiger partial charge in [0, 0.05) is 68.6 Å². The monoisotopic (exact) mass is 1130 g/mol. The summed E-state index contributed by atoms with van der Waals surface area (Å²) in [5.41, 5.74) is 1.98. The van der Waals surface area contributed by atoms with Crippen molar-refractivity contribution in [2.45, 2.75) is 39.1 Å². The maximum absolute atomic E-state index is 12.6. The van der Waals surface area contributed by atoms with Gasteiger partial charge in [0.25, 0.3) is 0 Å². The Bertz CT molecular complexity index is 2680. The zero-order valence-corrected chi connectivity index (χ0v) is 46.1. The minimum absolute atomic E-state index is 0.0782. The Labute approximate surface area is 468 Å². The minimum atomic E-state index is -0.853. The Morgan fingerprint density at radius 1 is 0.525 bits per heavy atom. The van der Waals surface area contributed by atoms with Gasteiger partial charge >= 0.3 is 35.5 Å². The normalized spacial score (nSPS) is 15.6. The summed E-state index contributed by atoms with van der Waals surface area (Å²) in [6.45, 7) is 3.52. The van der Waals surface area contributed by atoms with Crippen molar-refractivity contribution < 1.29 is 91.5 Å². The molecule has 3 heterocycles. The van der Waals surface area contributed by atoms with Crippen LogP contribution < -0.4 is 38.5 Å². The summed E-state index contributed by atoms with van der Waals surface area (Å²) in [6, 6.07) is 34.2. The number of carboxylic acid groups (broad SMARTS) is 2. The van der Waals surface area contributed by atoms with Gasteiger partial charge < -0.3 is 77.8 Å². The maximum atomic E-state index is 12.6. The number of aliphatic carboxylic acids is 2. The molecule has 0 spiro atoms. The number of ether oxygens (including phenoxy) is 10. The topological polar surface area (TPSA) is 274 Å². The third-order valence-corrected chi connectivity index (χ3v) is 12.2. The smallest absolute Gasteiger partial charge is 0.410 e. The molecular weight excluding hydrogens is 1070 g/mol. The van der Waals surface area contributed by atoms with Gasteiger partial charge in [-0.05, 0) is 42.5 Å². The number of esters is 1. The van der Waals surface area contributed by atoms with Crippen LogP contribution in [0.3, 0.4) is 0 Å². The highest BCUT2D eigenvalue weighted by atomic mass is 35.5. The largest absolute Gasteiger partial charge is 0.508 e. The number of phenolic OH excluding ortho intramolecular Hbond substituents is 1. The van der Waals surface area contributed by atoms with E-state index >= 15 is 0 Å². The number of carbonyl (C=O) groups excluding carboxylic acids is 4. The second-order valence-corrected chi connectivity index (χ2v) is 17.8. The van der Waals surface area contributed by atoms with Crippen molar-refractivity contribution in [2.24, 2.45) is 17.8 Å². The molecule has 8 rings (SSSR count). The van der Waals surface area contributed by atoms with Crippen LogP contribution in [0.2, 0.25) is 0 Å². The first kappa shape index (κ1) is 63.9. The number of benzene rings is 5. The molecule has 2 amide bonds. The average molecular weight is 1130 g/mol. The first-order valence-electron chi connectivity index (χ1n) is 25.0. The highest BCUT2D eigenvalue weighted by molar-refractivity contribution is 6.61. The number of amides is 2. The fourth-order valence-electron chi connectivity index (χ4n) is 7.83. The number of hydrogen-bond acceptors (Lipinski definition) is 18. The summed E-state index contributed by atoms with van der Waals surface area (Å²) in [4.78, 5) is 70.6. The van der Waals surface area contributed by atoms with Gasteiger partial charge in [0.05, 0.1) is 60.4 Å². The van der Waals surface area contributed by atoms with E-state index in [9.17, 15) is 33.9 Å². The Morgan fingerprint density at radius 3 is 1.25 bits per heavy atom. The molecule has 0 aromatic heterocycles. The molecule has 22 nitrogen and oxygen atoms in total. The van der Waals surface area contributed by atoms with Crippen LogP contribution in [0.1, 0.15) is 36.0 Å². The van der Waals surface area contributed by atoms with E-state index in [1.54, 1.807) is 12.1 Å². The van der Waals surface area contributed by atoms with E-state index < -0.39 is 47.4 Å². The lowest BCUT2D eigenvalue weighted by Gasteiger charge is -2.17. The predicted octanol–water partition coefficient (Wildman–Crippen LogP) is 8.67. The highest BCUT2D eigenvalue weighted by Gasteiger charge is 2.34. The van der Waals surface area contributed by atoms with Gasteiger partial charge in [-0.2, -0.15) is 0 Å². The molecule has 3 fully saturated rings. The molecule has 3 atom stereocenters. The lowest BCUT2D eigenvalue weighted by atomic mass is 10.1. The zero-order chi connectivity index (χ0) is 58.4.